The van der Waals surface area contributed by atoms with Crippen LogP contribution in [0.15, 0.2) is 0 Å². The Hall–Kier alpha value is 1.12. The third-order valence-electron chi connectivity index (χ3n) is 1.18. The maximum Gasteiger partial charge on any atom is 1.00 e. The van der Waals surface area contributed by atoms with Gasteiger partial charge in [-0.15, -0.1) is 0 Å². The average molecular weight is 186 g/mol. The van der Waals surface area contributed by atoms with E-state index in [2.05, 4.69) is 0 Å². The first-order valence-electron chi connectivity index (χ1n) is 3.02. The van der Waals surface area contributed by atoms with E-state index in [4.69, 9.17) is 0 Å². The molecule has 0 spiro atoms. The molecule has 0 radical (unpaired) electrons. The van der Waals surface area contributed by atoms with Crippen molar-refractivity contribution >= 4 is 16.3 Å². The molecule has 0 fully saturated rings. The Balaban J connectivity index is -0.000000320. The predicted octanol–water partition coefficient (Wildman–Crippen LogP) is -3.96. The number of nitrogens with zero attached hydrogens (tertiary/aromatic N) is 2. The van der Waals surface area contributed by atoms with Gasteiger partial charge < -0.3 is 11.2 Å². The molecule has 2 amide bonds. The Bertz CT molecular complexity index is 115. The quantitative estimate of drug-likeness (QED) is 0.383. The zero-order valence-corrected chi connectivity index (χ0v) is 12.6. The third kappa shape index (κ3) is 4.87. The van der Waals surface area contributed by atoms with Crippen molar-refractivity contribution < 1.29 is 57.6 Å². The number of amides is 2. The Kier molecular flexibility index (Phi) is 9.33. The van der Waals surface area contributed by atoms with Crippen LogP contribution in [0.4, 0.5) is 4.79 Å². The van der Waals surface area contributed by atoms with Crippen molar-refractivity contribution in [1.29, 1.82) is 0 Å². The molecular formula is C5H15KN2OSi. The summed E-state index contributed by atoms with van der Waals surface area (Å²) in [5.41, 5.74) is 0. The molecule has 0 aliphatic rings. The molecule has 0 aromatic rings. The van der Waals surface area contributed by atoms with Gasteiger partial charge in [0.05, 0.1) is 0 Å². The maximum absolute atomic E-state index is 10.9. The van der Waals surface area contributed by atoms with Crippen LogP contribution in [0.3, 0.4) is 0 Å². The number of hydrogen-bond donors (Lipinski definition) is 0. The molecule has 10 heavy (non-hydrogen) atoms. The van der Waals surface area contributed by atoms with Gasteiger partial charge in [-0.25, -0.2) is 4.79 Å². The van der Waals surface area contributed by atoms with Crippen LogP contribution in [0.5, 0.6) is 0 Å². The fourth-order valence-electron chi connectivity index (χ4n) is 0.477. The van der Waals surface area contributed by atoms with E-state index in [9.17, 15) is 4.79 Å². The molecule has 0 aromatic carbocycles. The molecule has 5 heteroatoms. The van der Waals surface area contributed by atoms with Crippen molar-refractivity contribution in [3.63, 3.8) is 0 Å². The normalized spacial score (nSPS) is 8.30. The molecule has 0 N–H and O–H groups in total. The second-order valence-electron chi connectivity index (χ2n) is 2.19. The predicted molar refractivity (Wildman–Crippen MR) is 42.8 cm³/mol. The van der Waals surface area contributed by atoms with E-state index in [0.717, 1.165) is 16.4 Å². The van der Waals surface area contributed by atoms with Gasteiger partial charge in [-0.1, -0.05) is 0 Å². The van der Waals surface area contributed by atoms with Crippen molar-refractivity contribution in [2.45, 2.75) is 0 Å². The molecule has 56 valence electrons. The van der Waals surface area contributed by atoms with Gasteiger partial charge >= 0.3 is 57.4 Å². The zero-order chi connectivity index (χ0) is 7.44. The standard InChI is InChI=1S/C5H14N2OSi.K.H/c1-6(2)5(8)7(3)4-9;;/h4H2,1-3,9H3;;/q;+1;-1. The molecule has 0 saturated heterocycles. The summed E-state index contributed by atoms with van der Waals surface area (Å²) in [6, 6.07) is 0.0880. The van der Waals surface area contributed by atoms with Gasteiger partial charge in [0.15, 0.2) is 0 Å². The fourth-order valence-corrected chi connectivity index (χ4v) is 0.747. The molecule has 0 rings (SSSR count). The van der Waals surface area contributed by atoms with Crippen LogP contribution >= 0.6 is 0 Å². The summed E-state index contributed by atoms with van der Waals surface area (Å²) < 4.78 is 0. The second-order valence-corrected chi connectivity index (χ2v) is 2.82. The number of carbonyl (C=O) groups is 1. The minimum absolute atomic E-state index is 0. The first-order chi connectivity index (χ1) is 4.09. The number of carbonyl (C=O) groups excluding carboxylic acids is 1. The molecule has 3 nitrogen and oxygen atoms in total. The molecule has 0 aliphatic carbocycles. The van der Waals surface area contributed by atoms with Gasteiger partial charge in [-0.05, 0) is 0 Å². The molecule has 0 heterocycles. The van der Waals surface area contributed by atoms with E-state index in [1.165, 1.54) is 0 Å². The summed E-state index contributed by atoms with van der Waals surface area (Å²) in [7, 11) is 6.38. The van der Waals surface area contributed by atoms with Crippen molar-refractivity contribution in [2.75, 3.05) is 27.3 Å². The first kappa shape index (κ1) is 13.7. The molecule has 0 aromatic heterocycles. The number of urea groups is 1. The van der Waals surface area contributed by atoms with Gasteiger partial charge in [-0.3, -0.25) is 0 Å². The van der Waals surface area contributed by atoms with Crippen LogP contribution in [0.25, 0.3) is 0 Å². The van der Waals surface area contributed by atoms with Crippen molar-refractivity contribution in [3.8, 4) is 0 Å². The zero-order valence-electron chi connectivity index (χ0n) is 8.51. The van der Waals surface area contributed by atoms with Crippen molar-refractivity contribution in [2.24, 2.45) is 0 Å². The van der Waals surface area contributed by atoms with Crippen LogP contribution in [-0.2, 0) is 0 Å². The summed E-state index contributed by atoms with van der Waals surface area (Å²) in [6.07, 6.45) is 0.900. The topological polar surface area (TPSA) is 23.6 Å². The van der Waals surface area contributed by atoms with Gasteiger partial charge in [0.25, 0.3) is 0 Å². The van der Waals surface area contributed by atoms with Gasteiger partial charge in [0, 0.05) is 37.6 Å². The van der Waals surface area contributed by atoms with Crippen molar-refractivity contribution in [1.82, 2.24) is 9.80 Å². The Morgan fingerprint density at radius 3 is 2.00 bits per heavy atom. The minimum atomic E-state index is 0. The smallest absolute Gasteiger partial charge is 1.00 e. The van der Waals surface area contributed by atoms with Crippen LogP contribution in [-0.4, -0.2) is 53.4 Å². The molecule has 0 bridgehead atoms. The number of hydrogen-bond acceptors (Lipinski definition) is 1. The molecule has 0 aliphatic heterocycles. The SMILES string of the molecule is CN(C)C(=O)N(C)C[SiH3].[H-].[K+]. The second kappa shape index (κ2) is 6.81. The van der Waals surface area contributed by atoms with E-state index in [0.29, 0.717) is 0 Å². The van der Waals surface area contributed by atoms with Crippen LogP contribution in [0, 0.1) is 0 Å². The van der Waals surface area contributed by atoms with E-state index < -0.39 is 0 Å². The third-order valence-corrected chi connectivity index (χ3v) is 2.13. The maximum atomic E-state index is 10.9. The molecule has 0 saturated carbocycles. The van der Waals surface area contributed by atoms with Gasteiger partial charge in [0.1, 0.15) is 0 Å². The van der Waals surface area contributed by atoms with E-state index >= 15 is 0 Å². The summed E-state index contributed by atoms with van der Waals surface area (Å²) in [4.78, 5) is 14.2. The largest absolute Gasteiger partial charge is 1.00 e. The fraction of sp³-hybridized carbons (Fsp3) is 0.800. The van der Waals surface area contributed by atoms with Gasteiger partial charge in [-0.2, -0.15) is 0 Å². The van der Waals surface area contributed by atoms with Crippen LogP contribution < -0.4 is 51.4 Å². The minimum Gasteiger partial charge on any atom is -1.00 e. The Morgan fingerprint density at radius 1 is 1.50 bits per heavy atom. The molecular weight excluding hydrogens is 171 g/mol. The van der Waals surface area contributed by atoms with E-state index in [-0.39, 0.29) is 58.8 Å². The van der Waals surface area contributed by atoms with Gasteiger partial charge in [0.2, 0.25) is 0 Å². The molecule has 0 atom stereocenters. The Morgan fingerprint density at radius 2 is 1.90 bits per heavy atom. The van der Waals surface area contributed by atoms with Crippen LogP contribution in [0.2, 0.25) is 0 Å². The van der Waals surface area contributed by atoms with Crippen LogP contribution in [0.1, 0.15) is 1.43 Å². The molecule has 0 unspecified atom stereocenters. The summed E-state index contributed by atoms with van der Waals surface area (Å²) in [6.45, 7) is 0. The monoisotopic (exact) mass is 186 g/mol. The first-order valence-corrected chi connectivity index (χ1v) is 4.43. The van der Waals surface area contributed by atoms with Crippen molar-refractivity contribution in [3.05, 3.63) is 0 Å². The summed E-state index contributed by atoms with van der Waals surface area (Å²) in [5.74, 6) is 0. The number of rotatable bonds is 1. The summed E-state index contributed by atoms with van der Waals surface area (Å²) >= 11 is 0. The average Bonchev–Trinajstić information content (AvgIpc) is 1.84. The Labute approximate surface area is 109 Å². The van der Waals surface area contributed by atoms with E-state index in [1.54, 1.807) is 23.9 Å². The van der Waals surface area contributed by atoms with E-state index in [1.807, 2.05) is 7.05 Å². The summed E-state index contributed by atoms with van der Waals surface area (Å²) in [5, 5.41) is 0.